The second-order valence-corrected chi connectivity index (χ2v) is 2.72. The molecule has 66 valence electrons. The van der Waals surface area contributed by atoms with Crippen LogP contribution in [0.25, 0.3) is 0 Å². The average Bonchev–Trinajstić information content (AvgIpc) is 1.97. The van der Waals surface area contributed by atoms with E-state index in [0.29, 0.717) is 0 Å². The second kappa shape index (κ2) is 18.7. The molecule has 0 aliphatic heterocycles. The zero-order valence-corrected chi connectivity index (χ0v) is 16.3. The molecule has 0 radical (unpaired) electrons. The summed E-state index contributed by atoms with van der Waals surface area (Å²) < 4.78 is 0. The predicted octanol–water partition coefficient (Wildman–Crippen LogP) is 3.37. The fraction of sp³-hybridized carbons (Fsp3) is 0.800. The minimum atomic E-state index is 0. The van der Waals surface area contributed by atoms with Crippen LogP contribution < -0.4 is 0 Å². The minimum absolute atomic E-state index is 0. The van der Waals surface area contributed by atoms with E-state index >= 15 is 0 Å². The first-order valence-corrected chi connectivity index (χ1v) is 4.35. The van der Waals surface area contributed by atoms with Gasteiger partial charge in [0.25, 0.3) is 0 Å². The molecule has 0 aromatic rings. The number of terminal acetylenes is 1. The Morgan fingerprint density at radius 2 is 1.50 bits per heavy atom. The number of rotatable bonds is 6. The summed E-state index contributed by atoms with van der Waals surface area (Å²) in [5, 5.41) is 0. The molecule has 0 saturated heterocycles. The normalized spacial score (nSPS) is 7.67. The van der Waals surface area contributed by atoms with Gasteiger partial charge in [-0.2, -0.15) is 0 Å². The van der Waals surface area contributed by atoms with Gasteiger partial charge < -0.3 is 0 Å². The van der Waals surface area contributed by atoms with Gasteiger partial charge in [-0.15, -0.1) is 12.3 Å². The maximum absolute atomic E-state index is 5.12. The molecule has 0 heterocycles. The van der Waals surface area contributed by atoms with Crippen molar-refractivity contribution in [2.45, 2.75) is 51.9 Å². The molecule has 0 atom stereocenters. The fourth-order valence-electron chi connectivity index (χ4n) is 1.01. The third-order valence-corrected chi connectivity index (χ3v) is 1.67. The molecule has 0 aliphatic carbocycles. The summed E-state index contributed by atoms with van der Waals surface area (Å²) in [6.45, 7) is 2.24. The largest absolute Gasteiger partial charge is 0.120 e. The van der Waals surface area contributed by atoms with E-state index in [2.05, 4.69) is 12.8 Å². The summed E-state index contributed by atoms with van der Waals surface area (Å²) in [6, 6.07) is 0. The standard InChI is InChI=1S/C10H18.Th.U/c1-3-5-7-9-10-8-6-4-2;;/h1H,4-10H2,2H3;;. The Morgan fingerprint density at radius 1 is 1.00 bits per heavy atom. The molecule has 12 heavy (non-hydrogen) atoms. The maximum atomic E-state index is 5.12. The van der Waals surface area contributed by atoms with Crippen LogP contribution in [-0.4, -0.2) is 0 Å². The molecule has 0 saturated carbocycles. The van der Waals surface area contributed by atoms with Crippen molar-refractivity contribution in [2.75, 3.05) is 0 Å². The zero-order valence-electron chi connectivity index (χ0n) is 8.03. The summed E-state index contributed by atoms with van der Waals surface area (Å²) in [5.74, 6) is 2.66. The van der Waals surface area contributed by atoms with E-state index < -0.39 is 0 Å². The van der Waals surface area contributed by atoms with Crippen LogP contribution in [0.1, 0.15) is 51.9 Å². The molecule has 0 nitrogen and oxygen atoms in total. The monoisotopic (exact) mass is 608 g/mol. The average molecular weight is 608 g/mol. The van der Waals surface area contributed by atoms with E-state index in [9.17, 15) is 0 Å². The van der Waals surface area contributed by atoms with E-state index in [1.165, 1.54) is 38.5 Å². The summed E-state index contributed by atoms with van der Waals surface area (Å²) in [6.07, 6.45) is 14.1. The van der Waals surface area contributed by atoms with Gasteiger partial charge in [0.15, 0.2) is 0 Å². The second-order valence-electron chi connectivity index (χ2n) is 2.72. The summed E-state index contributed by atoms with van der Waals surface area (Å²) in [5.41, 5.74) is 0. The van der Waals surface area contributed by atoms with Crippen molar-refractivity contribution >= 4 is 0 Å². The first-order valence-electron chi connectivity index (χ1n) is 4.35. The van der Waals surface area contributed by atoms with Crippen molar-refractivity contribution in [3.8, 4) is 12.3 Å². The van der Waals surface area contributed by atoms with Crippen LogP contribution in [0.15, 0.2) is 0 Å². The number of hydrogen-bond acceptors (Lipinski definition) is 0. The van der Waals surface area contributed by atoms with Gasteiger partial charge in [-0.3, -0.25) is 0 Å². The Hall–Kier alpha value is 1.94. The SMILES string of the molecule is C#CCCCCCCCC.[Th].[U]. The topological polar surface area (TPSA) is 0 Å². The number of unbranched alkanes of at least 4 members (excludes halogenated alkanes) is 6. The van der Waals surface area contributed by atoms with Gasteiger partial charge in [0.05, 0.1) is 0 Å². The van der Waals surface area contributed by atoms with Gasteiger partial charge in [0.2, 0.25) is 0 Å². The van der Waals surface area contributed by atoms with Gasteiger partial charge in [0.1, 0.15) is 0 Å². The maximum Gasteiger partial charge on any atom is 0.00860 e. The van der Waals surface area contributed by atoms with Crippen LogP contribution in [0.5, 0.6) is 0 Å². The van der Waals surface area contributed by atoms with Gasteiger partial charge >= 0.3 is 0 Å². The van der Waals surface area contributed by atoms with Crippen molar-refractivity contribution in [2.24, 2.45) is 0 Å². The van der Waals surface area contributed by atoms with E-state index in [-0.39, 0.29) is 71.1 Å². The van der Waals surface area contributed by atoms with E-state index in [4.69, 9.17) is 6.42 Å². The molecule has 0 bridgehead atoms. The molecule has 0 rings (SSSR count). The molecule has 0 unspecified atom stereocenters. The molecule has 0 N–H and O–H groups in total. The van der Waals surface area contributed by atoms with Crippen LogP contribution in [0.4, 0.5) is 0 Å². The van der Waals surface area contributed by atoms with Crippen molar-refractivity contribution in [1.82, 2.24) is 0 Å². The van der Waals surface area contributed by atoms with Crippen molar-refractivity contribution in [1.29, 1.82) is 0 Å². The van der Waals surface area contributed by atoms with Crippen LogP contribution in [0.2, 0.25) is 0 Å². The predicted molar refractivity (Wildman–Crippen MR) is 46.8 cm³/mol. The Balaban J connectivity index is -0.000000405. The summed E-state index contributed by atoms with van der Waals surface area (Å²) in [4.78, 5) is 0. The van der Waals surface area contributed by atoms with Crippen LogP contribution in [0, 0.1) is 83.4 Å². The minimum Gasteiger partial charge on any atom is -0.120 e. The summed E-state index contributed by atoms with van der Waals surface area (Å²) >= 11 is 0. The van der Waals surface area contributed by atoms with Crippen LogP contribution in [-0.2, 0) is 0 Å². The molecule has 0 spiro atoms. The van der Waals surface area contributed by atoms with Gasteiger partial charge in [-0.05, 0) is 6.42 Å². The quantitative estimate of drug-likeness (QED) is 0.321. The first kappa shape index (κ1) is 19.5. The summed E-state index contributed by atoms with van der Waals surface area (Å²) in [7, 11) is 0. The smallest absolute Gasteiger partial charge is 0.00860 e. The molecule has 0 amide bonds. The molecule has 0 fully saturated rings. The van der Waals surface area contributed by atoms with Crippen molar-refractivity contribution < 1.29 is 71.1 Å². The third kappa shape index (κ3) is 17.9. The first-order chi connectivity index (χ1) is 4.91. The molecule has 0 aliphatic rings. The van der Waals surface area contributed by atoms with Crippen molar-refractivity contribution in [3.05, 3.63) is 0 Å². The van der Waals surface area contributed by atoms with E-state index in [1.807, 2.05) is 0 Å². The van der Waals surface area contributed by atoms with Crippen LogP contribution in [0.3, 0.4) is 0 Å². The molecular weight excluding hydrogens is 590 g/mol. The molecular formula is C10H18ThU. The fourth-order valence-corrected chi connectivity index (χ4v) is 1.01. The molecule has 0 aromatic carbocycles. The van der Waals surface area contributed by atoms with Gasteiger partial charge in [0, 0.05) is 77.5 Å². The molecule has 0 aromatic heterocycles. The van der Waals surface area contributed by atoms with Crippen LogP contribution >= 0.6 is 0 Å². The number of hydrogen-bond donors (Lipinski definition) is 0. The van der Waals surface area contributed by atoms with Gasteiger partial charge in [-0.1, -0.05) is 39.0 Å². The Labute approximate surface area is 133 Å². The Bertz CT molecular complexity index is 96.5. The Morgan fingerprint density at radius 3 is 2.00 bits per heavy atom. The third-order valence-electron chi connectivity index (χ3n) is 1.67. The Kier molecular flexibility index (Phi) is 30.3. The molecule has 2 heteroatoms. The van der Waals surface area contributed by atoms with E-state index in [1.54, 1.807) is 0 Å². The van der Waals surface area contributed by atoms with Crippen molar-refractivity contribution in [3.63, 3.8) is 0 Å². The zero-order chi connectivity index (χ0) is 7.66. The van der Waals surface area contributed by atoms with Gasteiger partial charge in [-0.25, -0.2) is 0 Å². The van der Waals surface area contributed by atoms with E-state index in [0.717, 1.165) is 6.42 Å².